The van der Waals surface area contributed by atoms with Crippen LogP contribution in [-0.4, -0.2) is 34.2 Å². The summed E-state index contributed by atoms with van der Waals surface area (Å²) in [7, 11) is 1.73. The van der Waals surface area contributed by atoms with Gasteiger partial charge in [0, 0.05) is 24.7 Å². The first-order chi connectivity index (χ1) is 15.7. The fraction of sp³-hybridized carbons (Fsp3) is 0.375. The van der Waals surface area contributed by atoms with Gasteiger partial charge in [0.25, 0.3) is 5.56 Å². The Morgan fingerprint density at radius 1 is 1.25 bits per heavy atom. The quantitative estimate of drug-likeness (QED) is 0.501. The molecule has 1 aliphatic carbocycles. The predicted molar refractivity (Wildman–Crippen MR) is 126 cm³/mol. The summed E-state index contributed by atoms with van der Waals surface area (Å²) in [6.07, 6.45) is 4.56. The Morgan fingerprint density at radius 2 is 2.16 bits per heavy atom. The van der Waals surface area contributed by atoms with Crippen LogP contribution in [0.2, 0.25) is 0 Å². The molecule has 4 heterocycles. The molecule has 1 saturated heterocycles. The molecule has 7 nitrogen and oxygen atoms in total. The van der Waals surface area contributed by atoms with E-state index in [1.165, 1.54) is 27.0 Å². The van der Waals surface area contributed by atoms with Gasteiger partial charge in [-0.2, -0.15) is 0 Å². The van der Waals surface area contributed by atoms with Crippen molar-refractivity contribution in [2.24, 2.45) is 5.92 Å². The predicted octanol–water partition coefficient (Wildman–Crippen LogP) is 3.02. The summed E-state index contributed by atoms with van der Waals surface area (Å²) >= 11 is 1.39. The number of hydrogen-bond acceptors (Lipinski definition) is 6. The van der Waals surface area contributed by atoms with E-state index in [-0.39, 0.29) is 17.3 Å². The molecule has 1 aromatic carbocycles. The Kier molecular flexibility index (Phi) is 4.66. The zero-order valence-electron chi connectivity index (χ0n) is 17.8. The maximum atomic E-state index is 13.2. The van der Waals surface area contributed by atoms with E-state index in [1.807, 2.05) is 18.2 Å². The van der Waals surface area contributed by atoms with Gasteiger partial charge in [-0.25, -0.2) is 4.79 Å². The lowest BCUT2D eigenvalue weighted by Crippen LogP contribution is -2.37. The highest BCUT2D eigenvalue weighted by Gasteiger charge is 2.40. The Morgan fingerprint density at radius 3 is 3.03 bits per heavy atom. The molecule has 0 radical (unpaired) electrons. The van der Waals surface area contributed by atoms with E-state index in [4.69, 9.17) is 4.74 Å². The molecule has 2 aliphatic rings. The maximum absolute atomic E-state index is 13.2. The van der Waals surface area contributed by atoms with Crippen molar-refractivity contribution in [3.63, 3.8) is 0 Å². The molecule has 2 N–H and O–H groups in total. The molecule has 1 fully saturated rings. The van der Waals surface area contributed by atoms with Gasteiger partial charge in [0.2, 0.25) is 0 Å². The number of nitrogens with zero attached hydrogens (tertiary/aromatic N) is 2. The highest BCUT2D eigenvalue weighted by molar-refractivity contribution is 7.25. The van der Waals surface area contributed by atoms with Crippen molar-refractivity contribution in [2.45, 2.75) is 37.8 Å². The SMILES string of the molecule is COc1cccc2c1CC[C@@H]1CNC(CCn3c(=O)[nH]c4c(sc5cccnc54)c3=O)[C@@H]21. The molecule has 0 bridgehead atoms. The van der Waals surface area contributed by atoms with Crippen LogP contribution in [0, 0.1) is 5.92 Å². The first kappa shape index (κ1) is 19.7. The highest BCUT2D eigenvalue weighted by atomic mass is 32.1. The molecule has 0 amide bonds. The van der Waals surface area contributed by atoms with Gasteiger partial charge in [0.15, 0.2) is 0 Å². The third-order valence-corrected chi connectivity index (χ3v) is 8.26. The van der Waals surface area contributed by atoms with E-state index in [0.717, 1.165) is 36.3 Å². The normalized spacial score (nSPS) is 22.2. The van der Waals surface area contributed by atoms with Crippen molar-refractivity contribution in [1.82, 2.24) is 19.9 Å². The zero-order chi connectivity index (χ0) is 21.8. The lowest BCUT2D eigenvalue weighted by Gasteiger charge is -2.32. The molecule has 0 spiro atoms. The van der Waals surface area contributed by atoms with Crippen molar-refractivity contribution in [3.8, 4) is 5.75 Å². The molecule has 3 aromatic heterocycles. The summed E-state index contributed by atoms with van der Waals surface area (Å²) in [6.45, 7) is 1.35. The standard InChI is InChI=1S/C24H24N4O3S/c1-31-17-5-2-4-15-14(17)8-7-13-12-26-16(19(13)15)9-11-28-23(29)22-21(27-24(28)30)20-18(32-22)6-3-10-25-20/h2-6,10,13,16,19,26H,7-9,11-12H2,1H3,(H,27,30)/t13-,16?,19-/m1/s1. The van der Waals surface area contributed by atoms with Crippen LogP contribution in [0.5, 0.6) is 5.75 Å². The number of aromatic nitrogens is 3. The van der Waals surface area contributed by atoms with Gasteiger partial charge in [0.05, 0.1) is 17.3 Å². The smallest absolute Gasteiger partial charge is 0.328 e. The van der Waals surface area contributed by atoms with Crippen molar-refractivity contribution in [2.75, 3.05) is 13.7 Å². The molecule has 4 aromatic rings. The first-order valence-corrected chi connectivity index (χ1v) is 11.9. The largest absolute Gasteiger partial charge is 0.496 e. The Hall–Kier alpha value is -2.97. The topological polar surface area (TPSA) is 89.0 Å². The first-order valence-electron chi connectivity index (χ1n) is 11.0. The number of hydrogen-bond donors (Lipinski definition) is 2. The van der Waals surface area contributed by atoms with Gasteiger partial charge in [-0.05, 0) is 61.1 Å². The number of benzene rings is 1. The fourth-order valence-electron chi connectivity index (χ4n) is 5.66. The molecule has 1 unspecified atom stereocenters. The summed E-state index contributed by atoms with van der Waals surface area (Å²) in [5.74, 6) is 1.91. The van der Waals surface area contributed by atoms with Crippen molar-refractivity contribution in [1.29, 1.82) is 0 Å². The van der Waals surface area contributed by atoms with Crippen LogP contribution in [-0.2, 0) is 13.0 Å². The molecule has 164 valence electrons. The molecule has 6 rings (SSSR count). The highest BCUT2D eigenvalue weighted by Crippen LogP contribution is 2.45. The van der Waals surface area contributed by atoms with E-state index >= 15 is 0 Å². The van der Waals surface area contributed by atoms with Crippen LogP contribution >= 0.6 is 11.3 Å². The fourth-order valence-corrected chi connectivity index (χ4v) is 6.72. The molecular weight excluding hydrogens is 424 g/mol. The number of ether oxygens (including phenoxy) is 1. The number of thiophene rings is 1. The molecule has 32 heavy (non-hydrogen) atoms. The van der Waals surface area contributed by atoms with Crippen LogP contribution in [0.15, 0.2) is 46.1 Å². The van der Waals surface area contributed by atoms with E-state index in [9.17, 15) is 9.59 Å². The van der Waals surface area contributed by atoms with E-state index in [1.54, 1.807) is 13.3 Å². The number of H-pyrrole nitrogens is 1. The molecular formula is C24H24N4O3S. The van der Waals surface area contributed by atoms with Crippen LogP contribution in [0.1, 0.15) is 29.9 Å². The second-order valence-corrected chi connectivity index (χ2v) is 9.75. The van der Waals surface area contributed by atoms with Crippen LogP contribution in [0.3, 0.4) is 0 Å². The minimum Gasteiger partial charge on any atom is -0.496 e. The second kappa shape index (κ2) is 7.56. The minimum absolute atomic E-state index is 0.220. The molecule has 3 atom stereocenters. The summed E-state index contributed by atoms with van der Waals surface area (Å²) in [5.41, 5.74) is 3.29. The molecule has 1 aliphatic heterocycles. The van der Waals surface area contributed by atoms with Gasteiger partial charge in [-0.3, -0.25) is 14.3 Å². The number of methoxy groups -OCH3 is 1. The van der Waals surface area contributed by atoms with Gasteiger partial charge >= 0.3 is 5.69 Å². The average molecular weight is 449 g/mol. The minimum atomic E-state index is -0.367. The third kappa shape index (κ3) is 2.93. The zero-order valence-corrected chi connectivity index (χ0v) is 18.6. The van der Waals surface area contributed by atoms with Crippen molar-refractivity contribution < 1.29 is 4.74 Å². The van der Waals surface area contributed by atoms with Crippen molar-refractivity contribution in [3.05, 3.63) is 68.5 Å². The van der Waals surface area contributed by atoms with E-state index < -0.39 is 0 Å². The Balaban J connectivity index is 1.33. The van der Waals surface area contributed by atoms with Crippen LogP contribution < -0.4 is 21.3 Å². The summed E-state index contributed by atoms with van der Waals surface area (Å²) in [5, 5.41) is 3.67. The molecule has 8 heteroatoms. The van der Waals surface area contributed by atoms with Gasteiger partial charge in [-0.1, -0.05) is 12.1 Å². The van der Waals surface area contributed by atoms with Gasteiger partial charge in [0.1, 0.15) is 16.0 Å². The number of fused-ring (bicyclic) bond motifs is 6. The monoisotopic (exact) mass is 448 g/mol. The number of rotatable bonds is 4. The molecule has 0 saturated carbocycles. The summed E-state index contributed by atoms with van der Waals surface area (Å²) < 4.78 is 8.42. The van der Waals surface area contributed by atoms with E-state index in [2.05, 4.69) is 27.4 Å². The Bertz CT molecular complexity index is 1450. The van der Waals surface area contributed by atoms with E-state index in [0.29, 0.717) is 34.1 Å². The number of nitrogens with one attached hydrogen (secondary N) is 2. The lowest BCUT2D eigenvalue weighted by atomic mass is 9.73. The summed E-state index contributed by atoms with van der Waals surface area (Å²) in [6, 6.07) is 10.3. The Labute approximate surface area is 188 Å². The number of pyridine rings is 1. The van der Waals surface area contributed by atoms with Gasteiger partial charge in [-0.15, -0.1) is 11.3 Å². The maximum Gasteiger partial charge on any atom is 0.328 e. The van der Waals surface area contributed by atoms with Crippen LogP contribution in [0.25, 0.3) is 20.4 Å². The van der Waals surface area contributed by atoms with Gasteiger partial charge < -0.3 is 15.0 Å². The number of aromatic amines is 1. The second-order valence-electron chi connectivity index (χ2n) is 8.70. The summed E-state index contributed by atoms with van der Waals surface area (Å²) in [4.78, 5) is 33.2. The average Bonchev–Trinajstić information content (AvgIpc) is 3.40. The van der Waals surface area contributed by atoms with Crippen LogP contribution in [0.4, 0.5) is 0 Å². The van der Waals surface area contributed by atoms with Crippen molar-refractivity contribution >= 4 is 31.8 Å². The third-order valence-electron chi connectivity index (χ3n) is 7.12. The lowest BCUT2D eigenvalue weighted by molar-refractivity contribution is 0.371.